The lowest BCUT2D eigenvalue weighted by Gasteiger charge is -2.28. The van der Waals surface area contributed by atoms with Crippen molar-refractivity contribution in [2.24, 2.45) is 4.99 Å². The van der Waals surface area contributed by atoms with Gasteiger partial charge in [0.15, 0.2) is 9.51 Å². The Morgan fingerprint density at radius 1 is 1.04 bits per heavy atom. The highest BCUT2D eigenvalue weighted by molar-refractivity contribution is 8.15. The second-order valence-electron chi connectivity index (χ2n) is 5.38. The van der Waals surface area contributed by atoms with Crippen LogP contribution in [0, 0.1) is 0 Å². The molecule has 6 heteroatoms. The number of thioether (sulfide) groups is 1. The lowest BCUT2D eigenvalue weighted by atomic mass is 10.3. The summed E-state index contributed by atoms with van der Waals surface area (Å²) in [5.74, 6) is 0. The van der Waals surface area contributed by atoms with E-state index in [1.807, 2.05) is 36.4 Å². The monoisotopic (exact) mass is 355 g/mol. The number of aliphatic imine (C=N–C) groups is 1. The van der Waals surface area contributed by atoms with Crippen LogP contribution in [0.3, 0.4) is 0 Å². The third-order valence-corrected chi connectivity index (χ3v) is 5.84. The summed E-state index contributed by atoms with van der Waals surface area (Å²) < 4.78 is 7.71. The van der Waals surface area contributed by atoms with Gasteiger partial charge in [0.05, 0.1) is 29.1 Å². The quantitative estimate of drug-likeness (QED) is 0.388. The molecule has 0 radical (unpaired) electrons. The molecule has 0 aliphatic carbocycles. The molecule has 1 fully saturated rings. The predicted molar refractivity (Wildman–Crippen MR) is 101 cm³/mol. The second-order valence-corrected chi connectivity index (χ2v) is 7.62. The molecule has 0 atom stereocenters. The highest BCUT2D eigenvalue weighted by atomic mass is 32.2. The van der Waals surface area contributed by atoms with E-state index in [9.17, 15) is 0 Å². The van der Waals surface area contributed by atoms with E-state index >= 15 is 0 Å². The molecule has 1 aliphatic heterocycles. The molecule has 0 unspecified atom stereocenters. The maximum atomic E-state index is 5.48. The maximum absolute atomic E-state index is 5.48. The van der Waals surface area contributed by atoms with E-state index in [4.69, 9.17) is 14.7 Å². The normalized spacial score (nSPS) is 15.8. The molecule has 0 N–H and O–H groups in total. The number of thiazole rings is 1. The van der Waals surface area contributed by atoms with Crippen LogP contribution in [0.15, 0.2) is 63.9 Å². The lowest BCUT2D eigenvalue weighted by molar-refractivity contribution is 0.0694. The predicted octanol–water partition coefficient (Wildman–Crippen LogP) is 4.41. The van der Waals surface area contributed by atoms with Gasteiger partial charge in [0.25, 0.3) is 0 Å². The lowest BCUT2D eigenvalue weighted by Crippen LogP contribution is -2.39. The van der Waals surface area contributed by atoms with Crippen LogP contribution in [-0.4, -0.2) is 41.4 Å². The van der Waals surface area contributed by atoms with Gasteiger partial charge in [-0.05, 0) is 36.0 Å². The van der Waals surface area contributed by atoms with E-state index in [-0.39, 0.29) is 0 Å². The smallest absolute Gasteiger partial charge is 0.171 e. The zero-order chi connectivity index (χ0) is 16.2. The number of amidine groups is 1. The Morgan fingerprint density at radius 3 is 2.58 bits per heavy atom. The first-order valence-electron chi connectivity index (χ1n) is 7.88. The zero-order valence-corrected chi connectivity index (χ0v) is 14.7. The molecule has 0 bridgehead atoms. The van der Waals surface area contributed by atoms with Crippen LogP contribution in [0.25, 0.3) is 10.2 Å². The Balaban J connectivity index is 1.65. The fourth-order valence-corrected chi connectivity index (χ4v) is 4.62. The fraction of sp³-hybridized carbons (Fsp3) is 0.222. The number of nitrogens with zero attached hydrogens (tertiary/aromatic N) is 3. The van der Waals surface area contributed by atoms with Gasteiger partial charge in [-0.3, -0.25) is 0 Å². The fourth-order valence-electron chi connectivity index (χ4n) is 2.50. The molecule has 0 amide bonds. The first kappa shape index (κ1) is 15.6. The summed E-state index contributed by atoms with van der Waals surface area (Å²) in [7, 11) is 0. The molecule has 4 nitrogen and oxygen atoms in total. The van der Waals surface area contributed by atoms with E-state index in [1.165, 1.54) is 4.70 Å². The van der Waals surface area contributed by atoms with Crippen LogP contribution >= 0.6 is 23.1 Å². The Morgan fingerprint density at radius 2 is 1.79 bits per heavy atom. The molecular formula is C18H17N3OS2. The molecule has 1 aliphatic rings. The average Bonchev–Trinajstić information content (AvgIpc) is 3.05. The van der Waals surface area contributed by atoms with Crippen molar-refractivity contribution in [1.82, 2.24) is 9.88 Å². The average molecular weight is 355 g/mol. The van der Waals surface area contributed by atoms with Crippen LogP contribution in [0.5, 0.6) is 0 Å². The van der Waals surface area contributed by atoms with E-state index in [2.05, 4.69) is 23.1 Å². The molecule has 24 heavy (non-hydrogen) atoms. The zero-order valence-electron chi connectivity index (χ0n) is 13.1. The Hall–Kier alpha value is -1.89. The minimum absolute atomic E-state index is 0.744. The van der Waals surface area contributed by atoms with Gasteiger partial charge in [0, 0.05) is 13.1 Å². The number of aromatic nitrogens is 1. The van der Waals surface area contributed by atoms with Gasteiger partial charge >= 0.3 is 0 Å². The van der Waals surface area contributed by atoms with Gasteiger partial charge < -0.3 is 9.64 Å². The molecule has 1 saturated heterocycles. The van der Waals surface area contributed by atoms with Crippen molar-refractivity contribution in [3.8, 4) is 0 Å². The standard InChI is InChI=1S/C18H17N3OS2/c1-2-6-14(7-3-1)19-17(21-10-12-22-13-11-21)24-18-20-15-8-4-5-9-16(15)23-18/h1-9H,10-13H2. The number of benzene rings is 2. The van der Waals surface area contributed by atoms with Crippen LogP contribution in [-0.2, 0) is 4.74 Å². The summed E-state index contributed by atoms with van der Waals surface area (Å²) in [6, 6.07) is 18.3. The largest absolute Gasteiger partial charge is 0.378 e. The minimum atomic E-state index is 0.744. The first-order valence-corrected chi connectivity index (χ1v) is 9.52. The first-order chi connectivity index (χ1) is 11.9. The highest BCUT2D eigenvalue weighted by Crippen LogP contribution is 2.32. The van der Waals surface area contributed by atoms with Gasteiger partial charge in [-0.15, -0.1) is 11.3 Å². The maximum Gasteiger partial charge on any atom is 0.171 e. The van der Waals surface area contributed by atoms with E-state index in [1.54, 1.807) is 23.1 Å². The summed E-state index contributed by atoms with van der Waals surface area (Å²) in [5, 5.41) is 0.989. The summed E-state index contributed by atoms with van der Waals surface area (Å²) in [6.07, 6.45) is 0. The number of hydrogen-bond acceptors (Lipinski definition) is 5. The summed E-state index contributed by atoms with van der Waals surface area (Å²) in [4.78, 5) is 11.9. The molecule has 0 spiro atoms. The molecule has 0 saturated carbocycles. The SMILES string of the molecule is c1ccc(N=C(Sc2nc3ccccc3s2)N2CCOCC2)cc1. The van der Waals surface area contributed by atoms with Gasteiger partial charge in [-0.2, -0.15) is 0 Å². The van der Waals surface area contributed by atoms with Gasteiger partial charge in [-0.1, -0.05) is 30.3 Å². The van der Waals surface area contributed by atoms with Gasteiger partial charge in [0.1, 0.15) is 0 Å². The van der Waals surface area contributed by atoms with Crippen molar-refractivity contribution < 1.29 is 4.74 Å². The number of hydrogen-bond donors (Lipinski definition) is 0. The number of rotatable bonds is 2. The number of ether oxygens (including phenoxy) is 1. The third-order valence-electron chi connectivity index (χ3n) is 3.72. The topological polar surface area (TPSA) is 37.7 Å². The van der Waals surface area contributed by atoms with Gasteiger partial charge in [0.2, 0.25) is 0 Å². The van der Waals surface area contributed by atoms with Crippen molar-refractivity contribution in [2.75, 3.05) is 26.3 Å². The van der Waals surface area contributed by atoms with E-state index in [0.29, 0.717) is 0 Å². The van der Waals surface area contributed by atoms with Crippen LogP contribution < -0.4 is 0 Å². The van der Waals surface area contributed by atoms with E-state index < -0.39 is 0 Å². The van der Waals surface area contributed by atoms with Crippen LogP contribution in [0.1, 0.15) is 0 Å². The Bertz CT molecular complexity index is 809. The molecule has 1 aromatic heterocycles. The Labute approximate surface area is 149 Å². The highest BCUT2D eigenvalue weighted by Gasteiger charge is 2.18. The van der Waals surface area contributed by atoms with Crippen molar-refractivity contribution in [1.29, 1.82) is 0 Å². The third kappa shape index (κ3) is 3.61. The van der Waals surface area contributed by atoms with Crippen molar-refractivity contribution in [3.63, 3.8) is 0 Å². The second kappa shape index (κ2) is 7.34. The Kier molecular flexibility index (Phi) is 4.78. The minimum Gasteiger partial charge on any atom is -0.378 e. The number of para-hydroxylation sites is 2. The van der Waals surface area contributed by atoms with Crippen molar-refractivity contribution in [3.05, 3.63) is 54.6 Å². The molecule has 122 valence electrons. The summed E-state index contributed by atoms with van der Waals surface area (Å²) >= 11 is 3.36. The van der Waals surface area contributed by atoms with Crippen LogP contribution in [0.2, 0.25) is 0 Å². The molecule has 3 aromatic rings. The summed E-state index contributed by atoms with van der Waals surface area (Å²) in [5.41, 5.74) is 2.01. The van der Waals surface area contributed by atoms with Crippen LogP contribution in [0.4, 0.5) is 5.69 Å². The number of fused-ring (bicyclic) bond motifs is 1. The van der Waals surface area contributed by atoms with Crippen molar-refractivity contribution >= 4 is 44.2 Å². The number of morpholine rings is 1. The molecule has 2 heterocycles. The van der Waals surface area contributed by atoms with Gasteiger partial charge in [-0.25, -0.2) is 9.98 Å². The summed E-state index contributed by atoms with van der Waals surface area (Å²) in [6.45, 7) is 3.22. The molecular weight excluding hydrogens is 338 g/mol. The van der Waals surface area contributed by atoms with E-state index in [0.717, 1.165) is 47.0 Å². The van der Waals surface area contributed by atoms with Crippen molar-refractivity contribution in [2.45, 2.75) is 4.34 Å². The molecule has 4 rings (SSSR count). The molecule has 2 aromatic carbocycles.